The lowest BCUT2D eigenvalue weighted by Gasteiger charge is -2.00. The number of aromatic nitrogens is 2. The van der Waals surface area contributed by atoms with E-state index in [1.54, 1.807) is 0 Å². The first kappa shape index (κ1) is 9.42. The number of nitrogens with two attached hydrogens (primary N) is 2. The number of nitrogens with zero attached hydrogens (tertiary/aromatic N) is 3. The number of anilines is 2. The Hall–Kier alpha value is -1.67. The summed E-state index contributed by atoms with van der Waals surface area (Å²) in [5.41, 5.74) is 7.29. The molecule has 0 atom stereocenters. The Balaban J connectivity index is 3.28. The molecule has 13 heavy (non-hydrogen) atoms. The van der Waals surface area contributed by atoms with Gasteiger partial charge in [0, 0.05) is 0 Å². The van der Waals surface area contributed by atoms with Crippen LogP contribution in [0.3, 0.4) is 0 Å². The van der Waals surface area contributed by atoms with Crippen LogP contribution in [0, 0.1) is 10.1 Å². The number of nitrogens with one attached hydrogen (secondary N) is 1. The normalized spacial score (nSPS) is 9.69. The van der Waals surface area contributed by atoms with E-state index in [4.69, 9.17) is 23.2 Å². The maximum atomic E-state index is 10.3. The molecule has 1 rings (SSSR count). The van der Waals surface area contributed by atoms with E-state index < -0.39 is 10.7 Å². The molecule has 0 radical (unpaired) electrons. The van der Waals surface area contributed by atoms with E-state index >= 15 is 0 Å². The number of nitro groups is 1. The van der Waals surface area contributed by atoms with Crippen LogP contribution in [-0.4, -0.2) is 14.9 Å². The minimum Gasteiger partial charge on any atom is -0.377 e. The van der Waals surface area contributed by atoms with Gasteiger partial charge in [0.2, 0.25) is 11.6 Å². The van der Waals surface area contributed by atoms with Gasteiger partial charge in [0.15, 0.2) is 0 Å². The zero-order valence-electron chi connectivity index (χ0n) is 6.19. The highest BCUT2D eigenvalue weighted by molar-refractivity contribution is 6.31. The fourth-order valence-electron chi connectivity index (χ4n) is 0.646. The van der Waals surface area contributed by atoms with Gasteiger partial charge in [0.25, 0.3) is 5.15 Å². The molecule has 5 N–H and O–H groups in total. The van der Waals surface area contributed by atoms with Crippen molar-refractivity contribution in [2.75, 3.05) is 11.2 Å². The van der Waals surface area contributed by atoms with Crippen LogP contribution < -0.4 is 17.0 Å². The highest BCUT2D eigenvalue weighted by atomic mass is 35.5. The molecule has 0 aliphatic heterocycles. The third-order valence-electron chi connectivity index (χ3n) is 1.17. The van der Waals surface area contributed by atoms with E-state index in [0.29, 0.717) is 0 Å². The summed E-state index contributed by atoms with van der Waals surface area (Å²) < 4.78 is 0. The molecule has 0 aliphatic rings. The Labute approximate surface area is 77.0 Å². The van der Waals surface area contributed by atoms with Crippen molar-refractivity contribution in [3.05, 3.63) is 15.3 Å². The second-order valence-electron chi connectivity index (χ2n) is 1.97. The maximum absolute atomic E-state index is 10.3. The summed E-state index contributed by atoms with van der Waals surface area (Å²) in [6.45, 7) is 0. The molecular formula is C4H5ClN6O2. The smallest absolute Gasteiger partial charge is 0.377 e. The predicted molar refractivity (Wildman–Crippen MR) is 45.9 cm³/mol. The quantitative estimate of drug-likeness (QED) is 0.348. The fraction of sp³-hybridized carbons (Fsp3) is 0. The zero-order chi connectivity index (χ0) is 10.0. The van der Waals surface area contributed by atoms with Gasteiger partial charge < -0.3 is 21.3 Å². The molecular weight excluding hydrogens is 200 g/mol. The molecule has 0 amide bonds. The number of hydrogen-bond acceptors (Lipinski definition) is 7. The first-order valence-electron chi connectivity index (χ1n) is 3.00. The van der Waals surface area contributed by atoms with Crippen molar-refractivity contribution < 1.29 is 4.92 Å². The average Bonchev–Trinajstić information content (AvgIpc) is 2.07. The fourth-order valence-corrected chi connectivity index (χ4v) is 0.823. The van der Waals surface area contributed by atoms with Crippen LogP contribution >= 0.6 is 11.6 Å². The summed E-state index contributed by atoms with van der Waals surface area (Å²) in [5.74, 6) is 4.04. The van der Waals surface area contributed by atoms with Crippen molar-refractivity contribution in [3.8, 4) is 0 Å². The molecule has 0 saturated carbocycles. The van der Waals surface area contributed by atoms with Crippen molar-refractivity contribution in [1.82, 2.24) is 9.97 Å². The molecule has 1 heterocycles. The van der Waals surface area contributed by atoms with E-state index in [0.717, 1.165) is 0 Å². The second kappa shape index (κ2) is 3.37. The summed E-state index contributed by atoms with van der Waals surface area (Å²) in [4.78, 5) is 16.4. The van der Waals surface area contributed by atoms with Gasteiger partial charge in [0.05, 0.1) is 0 Å². The first-order valence-corrected chi connectivity index (χ1v) is 3.38. The maximum Gasteiger partial charge on any atom is 0.408 e. The summed E-state index contributed by atoms with van der Waals surface area (Å²) in [6, 6.07) is 0. The van der Waals surface area contributed by atoms with Crippen molar-refractivity contribution in [2.24, 2.45) is 5.84 Å². The Morgan fingerprint density at radius 1 is 1.54 bits per heavy atom. The standard InChI is InChI=1S/C4H5ClN6O2/c5-1-3(10-7)9-2(6)4(8-1)11(12)13/h7H2,(H3,6,9,10). The molecule has 1 aromatic heterocycles. The molecule has 9 heteroatoms. The van der Waals surface area contributed by atoms with E-state index in [-0.39, 0.29) is 16.8 Å². The summed E-state index contributed by atoms with van der Waals surface area (Å²) in [7, 11) is 0. The van der Waals surface area contributed by atoms with E-state index in [9.17, 15) is 10.1 Å². The average molecular weight is 205 g/mol. The second-order valence-corrected chi connectivity index (χ2v) is 2.33. The van der Waals surface area contributed by atoms with Gasteiger partial charge in [-0.25, -0.2) is 5.84 Å². The minimum atomic E-state index is -0.783. The van der Waals surface area contributed by atoms with E-state index in [2.05, 4.69) is 15.4 Å². The largest absolute Gasteiger partial charge is 0.408 e. The first-order chi connectivity index (χ1) is 6.06. The molecule has 0 fully saturated rings. The van der Waals surface area contributed by atoms with Crippen LogP contribution in [0.2, 0.25) is 5.15 Å². The third-order valence-corrected chi connectivity index (χ3v) is 1.43. The number of hydrazine groups is 1. The topological polar surface area (TPSA) is 133 Å². The van der Waals surface area contributed by atoms with Crippen LogP contribution in [-0.2, 0) is 0 Å². The lowest BCUT2D eigenvalue weighted by molar-refractivity contribution is -0.388. The zero-order valence-corrected chi connectivity index (χ0v) is 6.95. The highest BCUT2D eigenvalue weighted by Gasteiger charge is 2.19. The SMILES string of the molecule is NNc1nc(N)c([N+](=O)[O-])nc1Cl. The van der Waals surface area contributed by atoms with Gasteiger partial charge >= 0.3 is 5.82 Å². The third kappa shape index (κ3) is 1.73. The van der Waals surface area contributed by atoms with Crippen LogP contribution in [0.15, 0.2) is 0 Å². The van der Waals surface area contributed by atoms with Gasteiger partial charge in [-0.2, -0.15) is 4.98 Å². The number of halogens is 1. The molecule has 1 aromatic rings. The summed E-state index contributed by atoms with van der Waals surface area (Å²) >= 11 is 5.47. The highest BCUT2D eigenvalue weighted by Crippen LogP contribution is 2.23. The Morgan fingerprint density at radius 3 is 2.62 bits per heavy atom. The summed E-state index contributed by atoms with van der Waals surface area (Å²) in [6.07, 6.45) is 0. The van der Waals surface area contributed by atoms with Gasteiger partial charge in [-0.1, -0.05) is 0 Å². The Kier molecular flexibility index (Phi) is 2.44. The molecule has 0 aromatic carbocycles. The monoisotopic (exact) mass is 204 g/mol. The molecule has 0 bridgehead atoms. The molecule has 70 valence electrons. The van der Waals surface area contributed by atoms with Crippen LogP contribution in [0.25, 0.3) is 0 Å². The Bertz CT molecular complexity index is 355. The van der Waals surface area contributed by atoms with Gasteiger partial charge in [-0.15, -0.1) is 0 Å². The van der Waals surface area contributed by atoms with Crippen LogP contribution in [0.1, 0.15) is 0 Å². The number of rotatable bonds is 2. The van der Waals surface area contributed by atoms with Crippen molar-refractivity contribution >= 4 is 29.1 Å². The van der Waals surface area contributed by atoms with Crippen LogP contribution in [0.5, 0.6) is 0 Å². The molecule has 0 spiro atoms. The molecule has 0 unspecified atom stereocenters. The van der Waals surface area contributed by atoms with Gasteiger partial charge in [-0.3, -0.25) is 0 Å². The van der Waals surface area contributed by atoms with E-state index in [1.165, 1.54) is 0 Å². The van der Waals surface area contributed by atoms with Crippen molar-refractivity contribution in [2.45, 2.75) is 0 Å². The van der Waals surface area contributed by atoms with Crippen LogP contribution in [0.4, 0.5) is 17.5 Å². The molecule has 8 nitrogen and oxygen atoms in total. The lowest BCUT2D eigenvalue weighted by Crippen LogP contribution is -2.12. The Morgan fingerprint density at radius 2 is 2.15 bits per heavy atom. The lowest BCUT2D eigenvalue weighted by atomic mass is 10.6. The minimum absolute atomic E-state index is 0.00948. The predicted octanol–water partition coefficient (Wildman–Crippen LogP) is -0.0940. The number of hydrogen-bond donors (Lipinski definition) is 3. The number of nitrogen functional groups attached to an aromatic ring is 2. The van der Waals surface area contributed by atoms with E-state index in [1.807, 2.05) is 0 Å². The van der Waals surface area contributed by atoms with Crippen molar-refractivity contribution in [3.63, 3.8) is 0 Å². The molecule has 0 saturated heterocycles. The van der Waals surface area contributed by atoms with Crippen molar-refractivity contribution in [1.29, 1.82) is 0 Å². The molecule has 0 aliphatic carbocycles. The van der Waals surface area contributed by atoms with Gasteiger partial charge in [0.1, 0.15) is 0 Å². The van der Waals surface area contributed by atoms with Gasteiger partial charge in [-0.05, 0) is 21.5 Å². The summed E-state index contributed by atoms with van der Waals surface area (Å²) in [5, 5.41) is 10.1.